The van der Waals surface area contributed by atoms with Crippen molar-refractivity contribution >= 4 is 11.9 Å². The van der Waals surface area contributed by atoms with Crippen LogP contribution in [0.3, 0.4) is 0 Å². The summed E-state index contributed by atoms with van der Waals surface area (Å²) in [5.41, 5.74) is 1.65. The highest BCUT2D eigenvalue weighted by Crippen LogP contribution is 2.38. The zero-order valence-corrected chi connectivity index (χ0v) is 17.3. The number of carbonyl (C=O) groups is 2. The molecule has 0 spiro atoms. The number of nitrogens with zero attached hydrogens (tertiary/aromatic N) is 1. The highest BCUT2D eigenvalue weighted by atomic mass is 16.5. The monoisotopic (exact) mass is 401 g/mol. The van der Waals surface area contributed by atoms with Crippen LogP contribution < -0.4 is 14.2 Å². The van der Waals surface area contributed by atoms with Crippen molar-refractivity contribution in [1.29, 1.82) is 0 Å². The minimum absolute atomic E-state index is 0.0190. The standard InChI is InChI=1S/C22H27NO6/c1-5-23(14-16-9-7-6-8-10-16)20(24)15-29-21(25)13-17-11-18(26-2)22(28-4)19(12-17)27-3/h6-12H,5,13-15H2,1-4H3. The average molecular weight is 401 g/mol. The van der Waals surface area contributed by atoms with E-state index in [4.69, 9.17) is 18.9 Å². The molecule has 0 radical (unpaired) electrons. The molecule has 0 unspecified atom stereocenters. The topological polar surface area (TPSA) is 74.3 Å². The fraction of sp³-hybridized carbons (Fsp3) is 0.364. The van der Waals surface area contributed by atoms with Crippen LogP contribution in [0, 0.1) is 0 Å². The van der Waals surface area contributed by atoms with E-state index in [1.165, 1.54) is 21.3 Å². The van der Waals surface area contributed by atoms with Crippen LogP contribution >= 0.6 is 0 Å². The van der Waals surface area contributed by atoms with Crippen LogP contribution in [-0.2, 0) is 27.3 Å². The molecule has 0 aliphatic rings. The molecule has 2 aromatic rings. The van der Waals surface area contributed by atoms with Gasteiger partial charge in [-0.1, -0.05) is 30.3 Å². The Labute approximate surface area is 171 Å². The van der Waals surface area contributed by atoms with Gasteiger partial charge in [-0.15, -0.1) is 0 Å². The second-order valence-corrected chi connectivity index (χ2v) is 6.26. The molecule has 0 aromatic heterocycles. The fourth-order valence-electron chi connectivity index (χ4n) is 2.87. The lowest BCUT2D eigenvalue weighted by Gasteiger charge is -2.21. The highest BCUT2D eigenvalue weighted by Gasteiger charge is 2.18. The lowest BCUT2D eigenvalue weighted by atomic mass is 10.1. The Morgan fingerprint density at radius 2 is 1.52 bits per heavy atom. The molecule has 2 rings (SSSR count). The van der Waals surface area contributed by atoms with Gasteiger partial charge in [-0.05, 0) is 30.2 Å². The van der Waals surface area contributed by atoms with E-state index in [9.17, 15) is 9.59 Å². The zero-order valence-electron chi connectivity index (χ0n) is 17.3. The molecule has 1 amide bonds. The Morgan fingerprint density at radius 3 is 2.03 bits per heavy atom. The Hall–Kier alpha value is -3.22. The van der Waals surface area contributed by atoms with E-state index in [1.54, 1.807) is 17.0 Å². The number of hydrogen-bond acceptors (Lipinski definition) is 6. The van der Waals surface area contributed by atoms with Crippen molar-refractivity contribution in [1.82, 2.24) is 4.90 Å². The average Bonchev–Trinajstić information content (AvgIpc) is 2.75. The first-order chi connectivity index (χ1) is 14.0. The minimum Gasteiger partial charge on any atom is -0.493 e. The third-order valence-corrected chi connectivity index (χ3v) is 4.38. The molecular formula is C22H27NO6. The molecule has 0 heterocycles. The SMILES string of the molecule is CCN(Cc1ccccc1)C(=O)COC(=O)Cc1cc(OC)c(OC)c(OC)c1. The van der Waals surface area contributed by atoms with E-state index in [0.717, 1.165) is 5.56 Å². The van der Waals surface area contributed by atoms with Crippen molar-refractivity contribution < 1.29 is 28.5 Å². The van der Waals surface area contributed by atoms with Crippen LogP contribution in [0.4, 0.5) is 0 Å². The first-order valence-electron chi connectivity index (χ1n) is 9.28. The second kappa shape index (κ2) is 10.9. The van der Waals surface area contributed by atoms with Crippen LogP contribution in [0.25, 0.3) is 0 Å². The molecule has 7 heteroatoms. The van der Waals surface area contributed by atoms with Crippen LogP contribution in [0.15, 0.2) is 42.5 Å². The molecular weight excluding hydrogens is 374 g/mol. The van der Waals surface area contributed by atoms with Gasteiger partial charge >= 0.3 is 5.97 Å². The van der Waals surface area contributed by atoms with E-state index in [2.05, 4.69) is 0 Å². The molecule has 2 aromatic carbocycles. The number of methoxy groups -OCH3 is 3. The van der Waals surface area contributed by atoms with Gasteiger partial charge in [0.2, 0.25) is 5.75 Å². The summed E-state index contributed by atoms with van der Waals surface area (Å²) in [6.07, 6.45) is -0.0190. The first kappa shape index (κ1) is 22.1. The summed E-state index contributed by atoms with van der Waals surface area (Å²) >= 11 is 0. The van der Waals surface area contributed by atoms with Gasteiger partial charge in [-0.3, -0.25) is 9.59 Å². The van der Waals surface area contributed by atoms with Crippen molar-refractivity contribution in [2.24, 2.45) is 0 Å². The van der Waals surface area contributed by atoms with Gasteiger partial charge in [-0.25, -0.2) is 0 Å². The van der Waals surface area contributed by atoms with Gasteiger partial charge in [-0.2, -0.15) is 0 Å². The van der Waals surface area contributed by atoms with E-state index < -0.39 is 5.97 Å². The molecule has 0 fully saturated rings. The molecule has 0 N–H and O–H groups in total. The molecule has 156 valence electrons. The predicted molar refractivity (Wildman–Crippen MR) is 108 cm³/mol. The minimum atomic E-state index is -0.511. The number of rotatable bonds is 10. The van der Waals surface area contributed by atoms with Gasteiger partial charge in [0, 0.05) is 13.1 Å². The maximum Gasteiger partial charge on any atom is 0.310 e. The molecule has 0 aliphatic carbocycles. The summed E-state index contributed by atoms with van der Waals surface area (Å²) in [6, 6.07) is 13.0. The quantitative estimate of drug-likeness (QED) is 0.570. The molecule has 0 atom stereocenters. The molecule has 29 heavy (non-hydrogen) atoms. The van der Waals surface area contributed by atoms with Crippen LogP contribution in [0.1, 0.15) is 18.1 Å². The Kier molecular flexibility index (Phi) is 8.33. The number of benzene rings is 2. The molecule has 0 bridgehead atoms. The van der Waals surface area contributed by atoms with Crippen molar-refractivity contribution in [3.63, 3.8) is 0 Å². The third kappa shape index (κ3) is 6.14. The highest BCUT2D eigenvalue weighted by molar-refractivity contribution is 5.81. The van der Waals surface area contributed by atoms with E-state index in [0.29, 0.717) is 35.9 Å². The molecule has 7 nitrogen and oxygen atoms in total. The third-order valence-electron chi connectivity index (χ3n) is 4.38. The molecule has 0 saturated carbocycles. The lowest BCUT2D eigenvalue weighted by molar-refractivity contribution is -0.151. The van der Waals surface area contributed by atoms with Gasteiger partial charge < -0.3 is 23.8 Å². The zero-order chi connectivity index (χ0) is 21.2. The summed E-state index contributed by atoms with van der Waals surface area (Å²) in [5, 5.41) is 0. The summed E-state index contributed by atoms with van der Waals surface area (Å²) in [5.74, 6) is 0.594. The number of hydrogen-bond donors (Lipinski definition) is 0. The normalized spacial score (nSPS) is 10.2. The lowest BCUT2D eigenvalue weighted by Crippen LogP contribution is -2.34. The maximum absolute atomic E-state index is 12.4. The van der Waals surface area contributed by atoms with E-state index in [-0.39, 0.29) is 18.9 Å². The second-order valence-electron chi connectivity index (χ2n) is 6.26. The number of likely N-dealkylation sites (N-methyl/N-ethyl adjacent to an activating group) is 1. The van der Waals surface area contributed by atoms with Gasteiger partial charge in [0.15, 0.2) is 18.1 Å². The van der Waals surface area contributed by atoms with Crippen LogP contribution in [0.5, 0.6) is 17.2 Å². The van der Waals surface area contributed by atoms with Crippen molar-refractivity contribution in [2.45, 2.75) is 19.9 Å². The Bertz CT molecular complexity index is 796. The van der Waals surface area contributed by atoms with Gasteiger partial charge in [0.1, 0.15) is 0 Å². The molecule has 0 saturated heterocycles. The predicted octanol–water partition coefficient (Wildman–Crippen LogP) is 2.85. The van der Waals surface area contributed by atoms with Gasteiger partial charge in [0.25, 0.3) is 5.91 Å². The maximum atomic E-state index is 12.4. The smallest absolute Gasteiger partial charge is 0.310 e. The van der Waals surface area contributed by atoms with Crippen molar-refractivity contribution in [3.05, 3.63) is 53.6 Å². The van der Waals surface area contributed by atoms with Crippen LogP contribution in [0.2, 0.25) is 0 Å². The summed E-state index contributed by atoms with van der Waals surface area (Å²) in [6.45, 7) is 2.58. The summed E-state index contributed by atoms with van der Waals surface area (Å²) in [7, 11) is 4.52. The number of esters is 1. The largest absolute Gasteiger partial charge is 0.493 e. The number of amides is 1. The number of carbonyl (C=O) groups excluding carboxylic acids is 2. The summed E-state index contributed by atoms with van der Waals surface area (Å²) in [4.78, 5) is 26.3. The Balaban J connectivity index is 1.96. The molecule has 0 aliphatic heterocycles. The van der Waals surface area contributed by atoms with Gasteiger partial charge in [0.05, 0.1) is 27.8 Å². The first-order valence-corrected chi connectivity index (χ1v) is 9.28. The fourth-order valence-corrected chi connectivity index (χ4v) is 2.87. The number of ether oxygens (including phenoxy) is 4. The van der Waals surface area contributed by atoms with Crippen LogP contribution in [-0.4, -0.2) is 51.3 Å². The van der Waals surface area contributed by atoms with E-state index in [1.807, 2.05) is 37.3 Å². The Morgan fingerprint density at radius 1 is 0.897 bits per heavy atom. The van der Waals surface area contributed by atoms with E-state index >= 15 is 0 Å². The van der Waals surface area contributed by atoms with Crippen molar-refractivity contribution in [3.8, 4) is 17.2 Å². The summed E-state index contributed by atoms with van der Waals surface area (Å²) < 4.78 is 21.0. The van der Waals surface area contributed by atoms with Crippen molar-refractivity contribution in [2.75, 3.05) is 34.5 Å².